The van der Waals surface area contributed by atoms with Crippen LogP contribution in [0.2, 0.25) is 0 Å². The second-order valence-corrected chi connectivity index (χ2v) is 9.81. The number of ether oxygens (including phenoxy) is 1. The lowest BCUT2D eigenvalue weighted by molar-refractivity contribution is -0.274. The zero-order chi connectivity index (χ0) is 26.7. The summed E-state index contributed by atoms with van der Waals surface area (Å²) in [7, 11) is 3.99. The van der Waals surface area contributed by atoms with E-state index in [1.54, 1.807) is 12.1 Å². The molecule has 1 saturated carbocycles. The van der Waals surface area contributed by atoms with Crippen LogP contribution in [0.3, 0.4) is 0 Å². The van der Waals surface area contributed by atoms with Crippen molar-refractivity contribution in [3.63, 3.8) is 0 Å². The van der Waals surface area contributed by atoms with Gasteiger partial charge in [-0.3, -0.25) is 0 Å². The molecule has 0 bridgehead atoms. The minimum absolute atomic E-state index is 0.169. The van der Waals surface area contributed by atoms with Gasteiger partial charge >= 0.3 is 6.36 Å². The summed E-state index contributed by atoms with van der Waals surface area (Å²) in [5.74, 6) is 3.66. The van der Waals surface area contributed by atoms with E-state index < -0.39 is 6.36 Å². The van der Waals surface area contributed by atoms with Crippen molar-refractivity contribution in [1.29, 1.82) is 0 Å². The molecule has 0 saturated heterocycles. The maximum atomic E-state index is 11.8. The number of nitrogens with zero attached hydrogens (tertiary/aromatic N) is 3. The molecule has 0 atom stereocenters. The van der Waals surface area contributed by atoms with Gasteiger partial charge in [-0.15, -0.1) is 13.2 Å². The molecule has 0 amide bonds. The van der Waals surface area contributed by atoms with E-state index in [1.165, 1.54) is 37.8 Å². The Labute approximate surface area is 213 Å². The number of benzene rings is 2. The summed E-state index contributed by atoms with van der Waals surface area (Å²) in [4.78, 5) is 10.8. The molecule has 1 aliphatic rings. The minimum atomic E-state index is -4.60. The van der Waals surface area contributed by atoms with Crippen molar-refractivity contribution < 1.29 is 17.9 Å². The van der Waals surface area contributed by atoms with E-state index in [9.17, 15) is 13.2 Å². The summed E-state index contributed by atoms with van der Waals surface area (Å²) in [5.41, 5.74) is 2.02. The molecule has 0 N–H and O–H groups in total. The topological polar surface area (TPSA) is 38.2 Å². The lowest BCUT2D eigenvalue weighted by Crippen LogP contribution is -2.16. The highest BCUT2D eigenvalue weighted by atomic mass is 19.4. The number of aromatic nitrogens is 2. The Morgan fingerprint density at radius 1 is 0.889 bits per heavy atom. The first-order valence-electron chi connectivity index (χ1n) is 12.7. The van der Waals surface area contributed by atoms with Crippen LogP contribution in [0, 0.1) is 18.8 Å². The van der Waals surface area contributed by atoms with Crippen LogP contribution in [0.25, 0.3) is 10.9 Å². The number of halogens is 3. The Morgan fingerprint density at radius 2 is 1.44 bits per heavy atom. The third-order valence-corrected chi connectivity index (χ3v) is 6.12. The highest BCUT2D eigenvalue weighted by Crippen LogP contribution is 2.27. The molecule has 0 spiro atoms. The van der Waals surface area contributed by atoms with E-state index in [2.05, 4.69) is 28.6 Å². The van der Waals surface area contributed by atoms with Gasteiger partial charge in [-0.05, 0) is 55.0 Å². The largest absolute Gasteiger partial charge is 0.573 e. The van der Waals surface area contributed by atoms with Crippen molar-refractivity contribution in [2.45, 2.75) is 72.6 Å². The quantitative estimate of drug-likeness (QED) is 0.358. The summed E-state index contributed by atoms with van der Waals surface area (Å²) in [6, 6.07) is 14.0. The molecule has 0 aliphatic heterocycles. The SMILES string of the molecule is CC1CCC(C)CC1.CCCc1ccc(OC(F)(F)F)cc1.Cc1nc(N(C)C)c2ccccc2n1. The van der Waals surface area contributed by atoms with Gasteiger partial charge in [0.1, 0.15) is 17.4 Å². The fraction of sp³-hybridized carbons (Fsp3) is 0.517. The van der Waals surface area contributed by atoms with Crippen molar-refractivity contribution in [2.75, 3.05) is 19.0 Å². The second-order valence-electron chi connectivity index (χ2n) is 9.81. The molecule has 2 aromatic carbocycles. The molecule has 0 unspecified atom stereocenters. The molecule has 0 radical (unpaired) electrons. The van der Waals surface area contributed by atoms with Crippen LogP contribution in [0.1, 0.15) is 64.3 Å². The number of rotatable bonds is 4. The zero-order valence-electron chi connectivity index (χ0n) is 22.4. The number of para-hydroxylation sites is 1. The molecule has 4 nitrogen and oxygen atoms in total. The Hall–Kier alpha value is -2.83. The Bertz CT molecular complexity index is 1030. The van der Waals surface area contributed by atoms with Crippen molar-refractivity contribution in [1.82, 2.24) is 9.97 Å². The molecule has 198 valence electrons. The summed E-state index contributed by atoms with van der Waals surface area (Å²) < 4.78 is 39.0. The van der Waals surface area contributed by atoms with Gasteiger partial charge in [-0.2, -0.15) is 0 Å². The smallest absolute Gasteiger partial charge is 0.406 e. The molecular formula is C29H40F3N3O. The van der Waals surface area contributed by atoms with Crippen molar-refractivity contribution >= 4 is 16.7 Å². The van der Waals surface area contributed by atoms with Gasteiger partial charge < -0.3 is 9.64 Å². The lowest BCUT2D eigenvalue weighted by atomic mass is 9.84. The summed E-state index contributed by atoms with van der Waals surface area (Å²) in [6.07, 6.45) is 3.13. The van der Waals surface area contributed by atoms with Gasteiger partial charge in [0, 0.05) is 19.5 Å². The number of hydrogen-bond acceptors (Lipinski definition) is 4. The number of fused-ring (bicyclic) bond motifs is 1. The predicted octanol–water partition coefficient (Wildman–Crippen LogP) is 8.37. The summed E-state index contributed by atoms with van der Waals surface area (Å²) in [5, 5.41) is 1.10. The van der Waals surface area contributed by atoms with E-state index in [0.29, 0.717) is 0 Å². The molecule has 3 aromatic rings. The van der Waals surface area contributed by atoms with Gasteiger partial charge in [0.15, 0.2) is 0 Å². The van der Waals surface area contributed by atoms with Crippen LogP contribution in [-0.2, 0) is 6.42 Å². The summed E-state index contributed by atoms with van der Waals surface area (Å²) >= 11 is 0. The van der Waals surface area contributed by atoms with Crippen LogP contribution in [0.15, 0.2) is 48.5 Å². The van der Waals surface area contributed by atoms with Crippen LogP contribution < -0.4 is 9.64 Å². The Kier molecular flexibility index (Phi) is 11.5. The molecule has 1 aliphatic carbocycles. The number of alkyl halides is 3. The minimum Gasteiger partial charge on any atom is -0.406 e. The zero-order valence-corrected chi connectivity index (χ0v) is 22.4. The van der Waals surface area contributed by atoms with Crippen LogP contribution in [0.4, 0.5) is 19.0 Å². The summed E-state index contributed by atoms with van der Waals surface area (Å²) in [6.45, 7) is 8.66. The standard InChI is InChI=1S/C11H13N3.C10H11F3O.C8H16/c1-8-12-10-7-5-4-6-9(10)11(13-8)14(2)3;1-2-3-8-4-6-9(7-5-8)14-10(11,12)13;1-7-3-5-8(2)6-4-7/h4-7H,1-3H3;4-7H,2-3H2,1H3;7-8H,3-6H2,1-2H3. The average molecular weight is 504 g/mol. The molecule has 1 aromatic heterocycles. The maximum Gasteiger partial charge on any atom is 0.573 e. The Morgan fingerprint density at radius 3 is 1.94 bits per heavy atom. The van der Waals surface area contributed by atoms with Crippen LogP contribution >= 0.6 is 0 Å². The highest BCUT2D eigenvalue weighted by Gasteiger charge is 2.30. The highest BCUT2D eigenvalue weighted by molar-refractivity contribution is 5.89. The van der Waals surface area contributed by atoms with Crippen LogP contribution in [-0.4, -0.2) is 30.4 Å². The third kappa shape index (κ3) is 10.4. The first-order valence-corrected chi connectivity index (χ1v) is 12.7. The van der Waals surface area contributed by atoms with Gasteiger partial charge in [-0.25, -0.2) is 9.97 Å². The average Bonchev–Trinajstić information content (AvgIpc) is 2.82. The van der Waals surface area contributed by atoms with E-state index in [-0.39, 0.29) is 5.75 Å². The van der Waals surface area contributed by atoms with Crippen molar-refractivity contribution in [3.05, 3.63) is 59.9 Å². The fourth-order valence-corrected chi connectivity index (χ4v) is 4.09. The predicted molar refractivity (Wildman–Crippen MR) is 143 cm³/mol. The van der Waals surface area contributed by atoms with Crippen LogP contribution in [0.5, 0.6) is 5.75 Å². The van der Waals surface area contributed by atoms with Gasteiger partial charge in [0.05, 0.1) is 5.52 Å². The van der Waals surface area contributed by atoms with E-state index in [1.807, 2.05) is 57.1 Å². The van der Waals surface area contributed by atoms with E-state index in [0.717, 1.165) is 52.8 Å². The second kappa shape index (κ2) is 14.0. The normalized spacial score (nSPS) is 17.4. The van der Waals surface area contributed by atoms with E-state index in [4.69, 9.17) is 0 Å². The molecule has 7 heteroatoms. The van der Waals surface area contributed by atoms with Gasteiger partial charge in [-0.1, -0.05) is 77.1 Å². The van der Waals surface area contributed by atoms with Crippen molar-refractivity contribution in [3.8, 4) is 5.75 Å². The molecule has 36 heavy (non-hydrogen) atoms. The molecular weight excluding hydrogens is 463 g/mol. The molecule has 1 heterocycles. The molecule has 4 rings (SSSR count). The van der Waals surface area contributed by atoms with Crippen molar-refractivity contribution in [2.24, 2.45) is 11.8 Å². The van der Waals surface area contributed by atoms with Gasteiger partial charge in [0.25, 0.3) is 0 Å². The van der Waals surface area contributed by atoms with E-state index >= 15 is 0 Å². The lowest BCUT2D eigenvalue weighted by Gasteiger charge is -2.22. The maximum absolute atomic E-state index is 11.8. The first-order chi connectivity index (χ1) is 17.0. The van der Waals surface area contributed by atoms with Gasteiger partial charge in [0.2, 0.25) is 0 Å². The molecule has 1 fully saturated rings. The monoisotopic (exact) mass is 503 g/mol. The third-order valence-electron chi connectivity index (χ3n) is 6.12. The fourth-order valence-electron chi connectivity index (χ4n) is 4.09. The number of anilines is 1. The number of hydrogen-bond donors (Lipinski definition) is 0. The number of aryl methyl sites for hydroxylation is 2. The first kappa shape index (κ1) is 29.4. The Balaban J connectivity index is 0.000000198.